The lowest BCUT2D eigenvalue weighted by Gasteiger charge is -2.19. The Morgan fingerprint density at radius 2 is 2.00 bits per heavy atom. The van der Waals surface area contributed by atoms with Crippen LogP contribution >= 0.6 is 15.9 Å². The summed E-state index contributed by atoms with van der Waals surface area (Å²) >= 11 is 3.32. The lowest BCUT2D eigenvalue weighted by Crippen LogP contribution is -2.18. The molecule has 0 saturated heterocycles. The summed E-state index contributed by atoms with van der Waals surface area (Å²) in [6.45, 7) is 2.46. The Kier molecular flexibility index (Phi) is 8.03. The molecule has 1 aromatic rings. The zero-order valence-electron chi connectivity index (χ0n) is 12.7. The van der Waals surface area contributed by atoms with Gasteiger partial charge in [-0.1, -0.05) is 35.3 Å². The molecule has 126 valence electrons. The summed E-state index contributed by atoms with van der Waals surface area (Å²) in [7, 11) is 1.52. The molecule has 1 aromatic carbocycles. The van der Waals surface area contributed by atoms with Gasteiger partial charge < -0.3 is 9.57 Å². The predicted octanol–water partition coefficient (Wildman–Crippen LogP) is 4.42. The standard InChI is InChI=1S/C15H21BrF3NO2/c1-3-5-12-13(21-9-4-8-16)7-6-11(10-15(17,18)19)14(12)22-20-2/h6-7,20H,3-5,8-10H2,1-2H3. The number of rotatable bonds is 9. The average Bonchev–Trinajstić information content (AvgIpc) is 2.43. The summed E-state index contributed by atoms with van der Waals surface area (Å²) in [5.74, 6) is 0.803. The molecule has 0 aliphatic heterocycles. The third kappa shape index (κ3) is 6.04. The van der Waals surface area contributed by atoms with Gasteiger partial charge in [0.25, 0.3) is 0 Å². The molecule has 22 heavy (non-hydrogen) atoms. The predicted molar refractivity (Wildman–Crippen MR) is 83.8 cm³/mol. The second-order valence-corrected chi connectivity index (χ2v) is 5.56. The van der Waals surface area contributed by atoms with Crippen LogP contribution in [0.4, 0.5) is 13.2 Å². The third-order valence-electron chi connectivity index (χ3n) is 2.93. The van der Waals surface area contributed by atoms with Crippen molar-refractivity contribution >= 4 is 15.9 Å². The lowest BCUT2D eigenvalue weighted by atomic mass is 10.0. The van der Waals surface area contributed by atoms with Crippen LogP contribution < -0.4 is 15.1 Å². The van der Waals surface area contributed by atoms with E-state index in [9.17, 15) is 13.2 Å². The van der Waals surface area contributed by atoms with Gasteiger partial charge in [-0.15, -0.1) is 0 Å². The SMILES string of the molecule is CCCc1c(OCCCBr)ccc(CC(F)(F)F)c1ONC. The second kappa shape index (κ2) is 9.25. The summed E-state index contributed by atoms with van der Waals surface area (Å²) in [6.07, 6.45) is -3.12. The Labute approximate surface area is 137 Å². The monoisotopic (exact) mass is 383 g/mol. The summed E-state index contributed by atoms with van der Waals surface area (Å²) in [5, 5.41) is 0.808. The van der Waals surface area contributed by atoms with Crippen molar-refractivity contribution < 1.29 is 22.7 Å². The normalized spacial score (nSPS) is 11.5. The largest absolute Gasteiger partial charge is 0.493 e. The first-order chi connectivity index (χ1) is 10.4. The zero-order chi connectivity index (χ0) is 16.6. The number of halogens is 4. The molecule has 7 heteroatoms. The molecule has 0 aliphatic carbocycles. The smallest absolute Gasteiger partial charge is 0.393 e. The fourth-order valence-corrected chi connectivity index (χ4v) is 2.33. The van der Waals surface area contributed by atoms with Crippen molar-refractivity contribution in [2.45, 2.75) is 38.8 Å². The topological polar surface area (TPSA) is 30.5 Å². The average molecular weight is 384 g/mol. The van der Waals surface area contributed by atoms with Crippen LogP contribution in [0.5, 0.6) is 11.5 Å². The molecule has 1 rings (SSSR count). The van der Waals surface area contributed by atoms with E-state index in [0.29, 0.717) is 24.3 Å². The van der Waals surface area contributed by atoms with Crippen molar-refractivity contribution in [3.05, 3.63) is 23.3 Å². The Morgan fingerprint density at radius 1 is 1.27 bits per heavy atom. The van der Waals surface area contributed by atoms with Gasteiger partial charge in [0.15, 0.2) is 5.75 Å². The van der Waals surface area contributed by atoms with Crippen LogP contribution in [0.25, 0.3) is 0 Å². The van der Waals surface area contributed by atoms with Crippen LogP contribution in [-0.4, -0.2) is 25.2 Å². The minimum atomic E-state index is -4.28. The van der Waals surface area contributed by atoms with Gasteiger partial charge in [-0.25, -0.2) is 0 Å². The van der Waals surface area contributed by atoms with E-state index in [1.54, 1.807) is 6.07 Å². The van der Waals surface area contributed by atoms with Gasteiger partial charge in [-0.2, -0.15) is 18.7 Å². The molecule has 0 aliphatic rings. The Morgan fingerprint density at radius 3 is 2.55 bits per heavy atom. The number of hydrogen-bond acceptors (Lipinski definition) is 3. The molecule has 0 atom stereocenters. The first kappa shape index (κ1) is 19.1. The van der Waals surface area contributed by atoms with Crippen molar-refractivity contribution in [3.63, 3.8) is 0 Å². The van der Waals surface area contributed by atoms with Crippen LogP contribution in [0, 0.1) is 0 Å². The number of hydrogen-bond donors (Lipinski definition) is 1. The highest BCUT2D eigenvalue weighted by Gasteiger charge is 2.30. The number of hydroxylamine groups is 1. The van der Waals surface area contributed by atoms with E-state index in [2.05, 4.69) is 21.4 Å². The molecule has 0 heterocycles. The van der Waals surface area contributed by atoms with Crippen molar-refractivity contribution in [1.29, 1.82) is 0 Å². The molecule has 0 saturated carbocycles. The van der Waals surface area contributed by atoms with Gasteiger partial charge in [-0.05, 0) is 18.9 Å². The van der Waals surface area contributed by atoms with E-state index in [0.717, 1.165) is 18.2 Å². The molecule has 1 N–H and O–H groups in total. The van der Waals surface area contributed by atoms with Gasteiger partial charge in [-0.3, -0.25) is 0 Å². The minimum absolute atomic E-state index is 0.109. The fourth-order valence-electron chi connectivity index (χ4n) is 2.10. The van der Waals surface area contributed by atoms with E-state index in [4.69, 9.17) is 9.57 Å². The molecular weight excluding hydrogens is 363 g/mol. The van der Waals surface area contributed by atoms with Gasteiger partial charge in [0.05, 0.1) is 13.0 Å². The van der Waals surface area contributed by atoms with Gasteiger partial charge in [0.2, 0.25) is 0 Å². The molecule has 0 aromatic heterocycles. The molecule has 0 unspecified atom stereocenters. The number of ether oxygens (including phenoxy) is 1. The molecular formula is C15H21BrF3NO2. The summed E-state index contributed by atoms with van der Waals surface area (Å²) in [4.78, 5) is 5.27. The Bertz CT molecular complexity index is 467. The van der Waals surface area contributed by atoms with Gasteiger partial charge in [0.1, 0.15) is 5.75 Å². The van der Waals surface area contributed by atoms with Crippen molar-refractivity contribution in [1.82, 2.24) is 5.48 Å². The number of alkyl halides is 4. The maximum absolute atomic E-state index is 12.7. The van der Waals surface area contributed by atoms with E-state index in [-0.39, 0.29) is 11.3 Å². The quantitative estimate of drug-likeness (QED) is 0.389. The summed E-state index contributed by atoms with van der Waals surface area (Å²) < 4.78 is 43.8. The van der Waals surface area contributed by atoms with Crippen molar-refractivity contribution in [2.24, 2.45) is 0 Å². The van der Waals surface area contributed by atoms with Crippen LogP contribution in [-0.2, 0) is 12.8 Å². The fraction of sp³-hybridized carbons (Fsp3) is 0.600. The molecule has 0 spiro atoms. The molecule has 0 bridgehead atoms. The highest BCUT2D eigenvalue weighted by Crippen LogP contribution is 2.36. The Balaban J connectivity index is 3.16. The van der Waals surface area contributed by atoms with Crippen LogP contribution in [0.15, 0.2) is 12.1 Å². The lowest BCUT2D eigenvalue weighted by molar-refractivity contribution is -0.127. The molecule has 3 nitrogen and oxygen atoms in total. The van der Waals surface area contributed by atoms with Crippen LogP contribution in [0.2, 0.25) is 0 Å². The maximum atomic E-state index is 12.7. The van der Waals surface area contributed by atoms with E-state index < -0.39 is 12.6 Å². The van der Waals surface area contributed by atoms with Gasteiger partial charge >= 0.3 is 6.18 Å². The first-order valence-electron chi connectivity index (χ1n) is 7.16. The molecule has 0 amide bonds. The van der Waals surface area contributed by atoms with Crippen molar-refractivity contribution in [2.75, 3.05) is 19.0 Å². The molecule has 0 fully saturated rings. The highest BCUT2D eigenvalue weighted by molar-refractivity contribution is 9.09. The summed E-state index contributed by atoms with van der Waals surface area (Å²) in [5.41, 5.74) is 3.26. The van der Waals surface area contributed by atoms with Crippen molar-refractivity contribution in [3.8, 4) is 11.5 Å². The van der Waals surface area contributed by atoms with E-state index in [1.165, 1.54) is 13.1 Å². The second-order valence-electron chi connectivity index (χ2n) is 4.77. The maximum Gasteiger partial charge on any atom is 0.393 e. The van der Waals surface area contributed by atoms with E-state index >= 15 is 0 Å². The van der Waals surface area contributed by atoms with Crippen LogP contribution in [0.1, 0.15) is 30.9 Å². The first-order valence-corrected chi connectivity index (χ1v) is 8.29. The number of benzene rings is 1. The van der Waals surface area contributed by atoms with Gasteiger partial charge in [0, 0.05) is 23.5 Å². The highest BCUT2D eigenvalue weighted by atomic mass is 79.9. The third-order valence-corrected chi connectivity index (χ3v) is 3.49. The van der Waals surface area contributed by atoms with Crippen LogP contribution in [0.3, 0.4) is 0 Å². The number of nitrogens with one attached hydrogen (secondary N) is 1. The minimum Gasteiger partial charge on any atom is -0.493 e. The van der Waals surface area contributed by atoms with E-state index in [1.807, 2.05) is 6.92 Å². The molecule has 0 radical (unpaired) electrons. The zero-order valence-corrected chi connectivity index (χ0v) is 14.3. The Hall–Kier alpha value is -0.950. The summed E-state index contributed by atoms with van der Waals surface area (Å²) in [6, 6.07) is 3.02.